The van der Waals surface area contributed by atoms with Crippen molar-refractivity contribution in [1.29, 1.82) is 0 Å². The monoisotopic (exact) mass is 498 g/mol. The minimum atomic E-state index is 0.0806. The molecule has 3 aliphatic rings. The number of nitrogens with zero attached hydrogens (tertiary/aromatic N) is 8. The van der Waals surface area contributed by atoms with Gasteiger partial charge in [0.15, 0.2) is 17.0 Å². The quantitative estimate of drug-likeness (QED) is 0.434. The Labute approximate surface area is 214 Å². The van der Waals surface area contributed by atoms with E-state index in [1.165, 1.54) is 0 Å². The fraction of sp³-hybridized carbons (Fsp3) is 0.462. The lowest BCUT2D eigenvalue weighted by Gasteiger charge is -2.41. The number of hydrogen-bond acceptors (Lipinski definition) is 10. The van der Waals surface area contributed by atoms with E-state index in [4.69, 9.17) is 25.4 Å². The van der Waals surface area contributed by atoms with E-state index in [1.807, 2.05) is 12.3 Å². The number of pyridine rings is 1. The first-order chi connectivity index (χ1) is 18.1. The second kappa shape index (κ2) is 8.70. The molecular formula is C26H30N10O. The largest absolute Gasteiger partial charge is 0.376 e. The lowest BCUT2D eigenvalue weighted by atomic mass is 9.73. The molecule has 37 heavy (non-hydrogen) atoms. The van der Waals surface area contributed by atoms with Crippen molar-refractivity contribution in [3.05, 3.63) is 42.6 Å². The van der Waals surface area contributed by atoms with Crippen LogP contribution in [0.2, 0.25) is 0 Å². The van der Waals surface area contributed by atoms with Crippen LogP contribution in [0.1, 0.15) is 31.9 Å². The molecule has 0 radical (unpaired) electrons. The van der Waals surface area contributed by atoms with Gasteiger partial charge >= 0.3 is 0 Å². The standard InChI is InChI=1S/C26H30N10O/c1-16-23(27)26(15-37-16)6-11-35(12-7-26)21-14-30-22-24(32-21)33-34-25(22)36-10-2-3-18-20(36)5-4-17(31-18)19-13-28-8-9-29-19/h4-5,8-9,13-14,16,23H,2-3,6-7,10-12,15,27H2,1H3,(H,32,33,34)/t16-,23+/m0/s1. The molecule has 7 rings (SSSR count). The van der Waals surface area contributed by atoms with Crippen LogP contribution in [-0.4, -0.2) is 73.5 Å². The summed E-state index contributed by atoms with van der Waals surface area (Å²) >= 11 is 0. The third-order valence-corrected chi connectivity index (χ3v) is 8.29. The first-order valence-corrected chi connectivity index (χ1v) is 13.0. The molecule has 0 unspecified atom stereocenters. The van der Waals surface area contributed by atoms with E-state index in [-0.39, 0.29) is 17.6 Å². The van der Waals surface area contributed by atoms with Gasteiger partial charge in [0.25, 0.3) is 0 Å². The van der Waals surface area contributed by atoms with Crippen LogP contribution >= 0.6 is 0 Å². The smallest absolute Gasteiger partial charge is 0.183 e. The van der Waals surface area contributed by atoms with E-state index < -0.39 is 0 Å². The van der Waals surface area contributed by atoms with Crippen molar-refractivity contribution in [3.63, 3.8) is 0 Å². The Kier molecular flexibility index (Phi) is 5.29. The van der Waals surface area contributed by atoms with Crippen LogP contribution in [0.25, 0.3) is 22.6 Å². The van der Waals surface area contributed by atoms with Crippen molar-refractivity contribution in [3.8, 4) is 11.4 Å². The molecule has 0 saturated carbocycles. The average Bonchev–Trinajstić information content (AvgIpc) is 3.50. The van der Waals surface area contributed by atoms with Gasteiger partial charge in [0.1, 0.15) is 11.5 Å². The molecule has 1 spiro atoms. The predicted octanol–water partition coefficient (Wildman–Crippen LogP) is 2.62. The van der Waals surface area contributed by atoms with Crippen molar-refractivity contribution in [1.82, 2.24) is 35.1 Å². The van der Waals surface area contributed by atoms with Gasteiger partial charge in [0, 0.05) is 43.5 Å². The van der Waals surface area contributed by atoms with Gasteiger partial charge in [-0.3, -0.25) is 15.1 Å². The summed E-state index contributed by atoms with van der Waals surface area (Å²) in [7, 11) is 0. The highest BCUT2D eigenvalue weighted by Crippen LogP contribution is 2.42. The number of piperidine rings is 1. The first kappa shape index (κ1) is 22.5. The highest BCUT2D eigenvalue weighted by molar-refractivity contribution is 5.87. The maximum atomic E-state index is 6.49. The fourth-order valence-corrected chi connectivity index (χ4v) is 6.02. The minimum absolute atomic E-state index is 0.0806. The number of aromatic nitrogens is 7. The van der Waals surface area contributed by atoms with E-state index >= 15 is 0 Å². The number of nitrogens with one attached hydrogen (secondary N) is 1. The van der Waals surface area contributed by atoms with E-state index in [9.17, 15) is 0 Å². The number of aryl methyl sites for hydroxylation is 1. The number of hydrogen-bond donors (Lipinski definition) is 2. The summed E-state index contributed by atoms with van der Waals surface area (Å²) in [6.07, 6.45) is 11.0. The van der Waals surface area contributed by atoms with Crippen molar-refractivity contribution in [2.75, 3.05) is 36.0 Å². The molecule has 0 bridgehead atoms. The molecular weight excluding hydrogens is 468 g/mol. The highest BCUT2D eigenvalue weighted by Gasteiger charge is 2.47. The molecule has 3 aliphatic heterocycles. The number of fused-ring (bicyclic) bond motifs is 2. The summed E-state index contributed by atoms with van der Waals surface area (Å²) in [4.78, 5) is 27.7. The second-order valence-corrected chi connectivity index (χ2v) is 10.4. The van der Waals surface area contributed by atoms with Gasteiger partial charge in [-0.25, -0.2) is 15.0 Å². The van der Waals surface area contributed by atoms with Crippen molar-refractivity contribution in [2.45, 2.75) is 44.8 Å². The van der Waals surface area contributed by atoms with Crippen LogP contribution in [0.3, 0.4) is 0 Å². The highest BCUT2D eigenvalue weighted by atomic mass is 16.5. The predicted molar refractivity (Wildman–Crippen MR) is 140 cm³/mol. The zero-order valence-electron chi connectivity index (χ0n) is 20.8. The summed E-state index contributed by atoms with van der Waals surface area (Å²) in [5.41, 5.74) is 11.7. The van der Waals surface area contributed by atoms with E-state index in [0.717, 1.165) is 91.8 Å². The number of ether oxygens (including phenoxy) is 1. The normalized spacial score (nSPS) is 23.1. The Balaban J connectivity index is 1.14. The molecule has 0 aliphatic carbocycles. The molecule has 2 fully saturated rings. The first-order valence-electron chi connectivity index (χ1n) is 13.0. The molecule has 190 valence electrons. The third kappa shape index (κ3) is 3.72. The molecule has 7 heterocycles. The van der Waals surface area contributed by atoms with Crippen LogP contribution in [0, 0.1) is 5.41 Å². The van der Waals surface area contributed by atoms with Crippen molar-refractivity contribution < 1.29 is 4.74 Å². The summed E-state index contributed by atoms with van der Waals surface area (Å²) in [6, 6.07) is 4.18. The lowest BCUT2D eigenvalue weighted by molar-refractivity contribution is 0.0974. The summed E-state index contributed by atoms with van der Waals surface area (Å²) < 4.78 is 5.87. The summed E-state index contributed by atoms with van der Waals surface area (Å²) in [5.74, 6) is 1.65. The van der Waals surface area contributed by atoms with Crippen LogP contribution in [-0.2, 0) is 11.2 Å². The molecule has 0 amide bonds. The molecule has 11 nitrogen and oxygen atoms in total. The van der Waals surface area contributed by atoms with Gasteiger partial charge in [-0.1, -0.05) is 0 Å². The Hall–Kier alpha value is -3.70. The van der Waals surface area contributed by atoms with Gasteiger partial charge in [-0.05, 0) is 44.7 Å². The van der Waals surface area contributed by atoms with Crippen LogP contribution in [0.4, 0.5) is 17.3 Å². The van der Waals surface area contributed by atoms with Crippen LogP contribution in [0.5, 0.6) is 0 Å². The maximum absolute atomic E-state index is 6.49. The zero-order chi connectivity index (χ0) is 25.0. The van der Waals surface area contributed by atoms with Gasteiger partial charge in [-0.2, -0.15) is 5.10 Å². The Bertz CT molecular complexity index is 1430. The molecule has 0 aromatic carbocycles. The Morgan fingerprint density at radius 3 is 2.73 bits per heavy atom. The number of anilines is 3. The second-order valence-electron chi connectivity index (χ2n) is 10.4. The molecule has 4 aromatic heterocycles. The lowest BCUT2D eigenvalue weighted by Crippen LogP contribution is -2.50. The van der Waals surface area contributed by atoms with Gasteiger partial charge in [0.2, 0.25) is 0 Å². The molecule has 3 N–H and O–H groups in total. The Morgan fingerprint density at radius 2 is 1.95 bits per heavy atom. The van der Waals surface area contributed by atoms with Crippen molar-refractivity contribution in [2.24, 2.45) is 11.1 Å². The molecule has 2 atom stereocenters. The number of nitrogens with two attached hydrogens (primary N) is 1. The fourth-order valence-electron chi connectivity index (χ4n) is 6.02. The summed E-state index contributed by atoms with van der Waals surface area (Å²) in [6.45, 7) is 5.46. The average molecular weight is 499 g/mol. The summed E-state index contributed by atoms with van der Waals surface area (Å²) in [5, 5.41) is 7.76. The minimum Gasteiger partial charge on any atom is -0.376 e. The molecule has 2 saturated heterocycles. The number of H-pyrrole nitrogens is 1. The number of rotatable bonds is 3. The number of aromatic amines is 1. The topological polar surface area (TPSA) is 135 Å². The van der Waals surface area contributed by atoms with E-state index in [0.29, 0.717) is 5.65 Å². The van der Waals surface area contributed by atoms with E-state index in [1.54, 1.807) is 18.6 Å². The SMILES string of the molecule is C[C@@H]1OCC2(CCN(c3cnc4c(N5CCCc6nc(-c7cnccn7)ccc65)n[nH]c4n3)CC2)[C@@H]1N. The van der Waals surface area contributed by atoms with Crippen LogP contribution in [0.15, 0.2) is 36.9 Å². The van der Waals surface area contributed by atoms with Gasteiger partial charge < -0.3 is 20.3 Å². The van der Waals surface area contributed by atoms with Gasteiger partial charge in [0.05, 0.1) is 42.2 Å². The maximum Gasteiger partial charge on any atom is 0.183 e. The van der Waals surface area contributed by atoms with Gasteiger partial charge in [-0.15, -0.1) is 0 Å². The van der Waals surface area contributed by atoms with Crippen molar-refractivity contribution >= 4 is 28.5 Å². The van der Waals surface area contributed by atoms with Crippen LogP contribution < -0.4 is 15.5 Å². The third-order valence-electron chi connectivity index (χ3n) is 8.29. The Morgan fingerprint density at radius 1 is 1.05 bits per heavy atom. The molecule has 11 heteroatoms. The zero-order valence-corrected chi connectivity index (χ0v) is 20.8. The molecule has 4 aromatic rings. The van der Waals surface area contributed by atoms with E-state index in [2.05, 4.69) is 43.0 Å².